The Labute approximate surface area is 101 Å². The van der Waals surface area contributed by atoms with Crippen LogP contribution in [0.15, 0.2) is 11.3 Å². The lowest BCUT2D eigenvalue weighted by Crippen LogP contribution is -2.25. The van der Waals surface area contributed by atoms with Gasteiger partial charge in [-0.3, -0.25) is 4.79 Å². The minimum absolute atomic E-state index is 0.399. The molecule has 0 aromatic carbocycles. The Bertz CT molecular complexity index is 335. The first-order valence-corrected chi connectivity index (χ1v) is 5.78. The van der Waals surface area contributed by atoms with E-state index in [0.29, 0.717) is 12.1 Å². The average molecular weight is 241 g/mol. The topological polar surface area (TPSA) is 64.6 Å². The molecule has 0 spiro atoms. The second-order valence-corrected chi connectivity index (χ2v) is 3.94. The lowest BCUT2D eigenvalue weighted by atomic mass is 9.99. The van der Waals surface area contributed by atoms with Crippen LogP contribution in [-0.4, -0.2) is 32.7 Å². The molecule has 0 bridgehead atoms. The standard InChI is InChI=1S/C12H19NO4/c1-4-5-6-9-10(12(15)17-3)8(7-13-9)11(14)16-2/h8,13H,4-7H2,1-3H3. The molecule has 96 valence electrons. The van der Waals surface area contributed by atoms with Crippen molar-refractivity contribution < 1.29 is 19.1 Å². The third-order valence-electron chi connectivity index (χ3n) is 2.86. The van der Waals surface area contributed by atoms with E-state index in [1.54, 1.807) is 0 Å². The average Bonchev–Trinajstić information content (AvgIpc) is 2.78. The summed E-state index contributed by atoms with van der Waals surface area (Å²) in [5.41, 5.74) is 1.24. The molecule has 1 aliphatic rings. The number of ether oxygens (including phenoxy) is 2. The highest BCUT2D eigenvalue weighted by Gasteiger charge is 2.36. The monoisotopic (exact) mass is 241 g/mol. The van der Waals surface area contributed by atoms with Gasteiger partial charge in [0.15, 0.2) is 0 Å². The fourth-order valence-corrected chi connectivity index (χ4v) is 1.93. The number of methoxy groups -OCH3 is 2. The third-order valence-corrected chi connectivity index (χ3v) is 2.86. The van der Waals surface area contributed by atoms with Crippen molar-refractivity contribution in [2.45, 2.75) is 26.2 Å². The molecule has 0 radical (unpaired) electrons. The zero-order valence-corrected chi connectivity index (χ0v) is 10.5. The molecule has 0 aromatic heterocycles. The van der Waals surface area contributed by atoms with E-state index < -0.39 is 17.9 Å². The van der Waals surface area contributed by atoms with Crippen LogP contribution in [0.5, 0.6) is 0 Å². The van der Waals surface area contributed by atoms with Crippen LogP contribution in [0.2, 0.25) is 0 Å². The quantitative estimate of drug-likeness (QED) is 0.727. The van der Waals surface area contributed by atoms with Crippen molar-refractivity contribution in [1.82, 2.24) is 5.32 Å². The van der Waals surface area contributed by atoms with Crippen LogP contribution < -0.4 is 5.32 Å². The van der Waals surface area contributed by atoms with Gasteiger partial charge >= 0.3 is 11.9 Å². The van der Waals surface area contributed by atoms with Gasteiger partial charge in [-0.2, -0.15) is 0 Å². The number of hydrogen-bond acceptors (Lipinski definition) is 5. The summed E-state index contributed by atoms with van der Waals surface area (Å²) in [7, 11) is 2.64. The fraction of sp³-hybridized carbons (Fsp3) is 0.667. The van der Waals surface area contributed by atoms with Gasteiger partial charge < -0.3 is 14.8 Å². The highest BCUT2D eigenvalue weighted by atomic mass is 16.5. The lowest BCUT2D eigenvalue weighted by molar-refractivity contribution is -0.146. The van der Waals surface area contributed by atoms with Gasteiger partial charge in [0, 0.05) is 12.2 Å². The molecule has 1 unspecified atom stereocenters. The maximum Gasteiger partial charge on any atom is 0.336 e. The number of esters is 2. The molecule has 1 aliphatic heterocycles. The summed E-state index contributed by atoms with van der Waals surface area (Å²) in [4.78, 5) is 23.3. The predicted molar refractivity (Wildman–Crippen MR) is 62.1 cm³/mol. The van der Waals surface area contributed by atoms with E-state index >= 15 is 0 Å². The molecule has 0 saturated heterocycles. The first kappa shape index (κ1) is 13.5. The van der Waals surface area contributed by atoms with Crippen molar-refractivity contribution in [1.29, 1.82) is 0 Å². The van der Waals surface area contributed by atoms with E-state index in [4.69, 9.17) is 9.47 Å². The molecule has 1 rings (SSSR count). The summed E-state index contributed by atoms with van der Waals surface area (Å²) in [6.45, 7) is 2.49. The Balaban J connectivity index is 2.92. The number of unbranched alkanes of at least 4 members (excludes halogenated alkanes) is 1. The molecule has 1 N–H and O–H groups in total. The molecule has 0 fully saturated rings. The predicted octanol–water partition coefficient (Wildman–Crippen LogP) is 0.996. The molecule has 0 saturated carbocycles. The van der Waals surface area contributed by atoms with Gasteiger partial charge in [-0.1, -0.05) is 13.3 Å². The lowest BCUT2D eigenvalue weighted by Gasteiger charge is -2.10. The van der Waals surface area contributed by atoms with Crippen molar-refractivity contribution in [2.24, 2.45) is 5.92 Å². The maximum absolute atomic E-state index is 11.7. The SMILES string of the molecule is CCCCC1=C(C(=O)OC)C(C(=O)OC)CN1. The van der Waals surface area contributed by atoms with Crippen LogP contribution in [0.3, 0.4) is 0 Å². The van der Waals surface area contributed by atoms with Crippen LogP contribution in [0.1, 0.15) is 26.2 Å². The maximum atomic E-state index is 11.7. The largest absolute Gasteiger partial charge is 0.468 e. The summed E-state index contributed by atoms with van der Waals surface area (Å²) in [5, 5.41) is 3.10. The van der Waals surface area contributed by atoms with Gasteiger partial charge in [-0.05, 0) is 12.8 Å². The van der Waals surface area contributed by atoms with Crippen molar-refractivity contribution in [3.8, 4) is 0 Å². The Kier molecular flexibility index (Phi) is 5.00. The zero-order chi connectivity index (χ0) is 12.8. The minimum Gasteiger partial charge on any atom is -0.468 e. The van der Waals surface area contributed by atoms with Crippen LogP contribution in [0, 0.1) is 5.92 Å². The van der Waals surface area contributed by atoms with Crippen molar-refractivity contribution >= 4 is 11.9 Å². The van der Waals surface area contributed by atoms with E-state index in [1.807, 2.05) is 0 Å². The fourth-order valence-electron chi connectivity index (χ4n) is 1.93. The van der Waals surface area contributed by atoms with Crippen LogP contribution >= 0.6 is 0 Å². The smallest absolute Gasteiger partial charge is 0.336 e. The van der Waals surface area contributed by atoms with Crippen molar-refractivity contribution in [3.63, 3.8) is 0 Å². The first-order chi connectivity index (χ1) is 8.15. The molecular formula is C12H19NO4. The van der Waals surface area contributed by atoms with Crippen molar-refractivity contribution in [3.05, 3.63) is 11.3 Å². The second-order valence-electron chi connectivity index (χ2n) is 3.94. The summed E-state index contributed by atoms with van der Waals surface area (Å²) in [6, 6.07) is 0. The summed E-state index contributed by atoms with van der Waals surface area (Å²) < 4.78 is 9.42. The van der Waals surface area contributed by atoms with E-state index in [9.17, 15) is 9.59 Å². The number of rotatable bonds is 5. The Morgan fingerprint density at radius 2 is 2.06 bits per heavy atom. The van der Waals surface area contributed by atoms with Gasteiger partial charge in [0.2, 0.25) is 0 Å². The molecule has 1 heterocycles. The molecule has 0 aromatic rings. The number of carbonyl (C=O) groups excluding carboxylic acids is 2. The second kappa shape index (κ2) is 6.27. The first-order valence-electron chi connectivity index (χ1n) is 5.78. The van der Waals surface area contributed by atoms with Crippen molar-refractivity contribution in [2.75, 3.05) is 20.8 Å². The molecule has 5 nitrogen and oxygen atoms in total. The van der Waals surface area contributed by atoms with Gasteiger partial charge in [0.1, 0.15) is 5.92 Å². The molecule has 17 heavy (non-hydrogen) atoms. The van der Waals surface area contributed by atoms with E-state index in [0.717, 1.165) is 25.0 Å². The summed E-state index contributed by atoms with van der Waals surface area (Å²) >= 11 is 0. The summed E-state index contributed by atoms with van der Waals surface area (Å²) in [5.74, 6) is -1.39. The number of nitrogens with one attached hydrogen (secondary N) is 1. The normalized spacial score (nSPS) is 18.9. The van der Waals surface area contributed by atoms with Gasteiger partial charge in [-0.15, -0.1) is 0 Å². The zero-order valence-electron chi connectivity index (χ0n) is 10.5. The molecule has 5 heteroatoms. The Morgan fingerprint density at radius 3 is 2.59 bits per heavy atom. The van der Waals surface area contributed by atoms with Crippen LogP contribution in [0.4, 0.5) is 0 Å². The van der Waals surface area contributed by atoms with E-state index in [-0.39, 0.29) is 0 Å². The highest BCUT2D eigenvalue weighted by Crippen LogP contribution is 2.26. The van der Waals surface area contributed by atoms with E-state index in [1.165, 1.54) is 14.2 Å². The minimum atomic E-state index is -0.542. The van der Waals surface area contributed by atoms with Crippen LogP contribution in [-0.2, 0) is 19.1 Å². The number of carbonyl (C=O) groups is 2. The van der Waals surface area contributed by atoms with Crippen LogP contribution in [0.25, 0.3) is 0 Å². The third kappa shape index (κ3) is 2.99. The van der Waals surface area contributed by atoms with E-state index in [2.05, 4.69) is 12.2 Å². The number of allylic oxidation sites excluding steroid dienone is 1. The molecule has 1 atom stereocenters. The van der Waals surface area contributed by atoms with Gasteiger partial charge in [0.25, 0.3) is 0 Å². The molecule has 0 aliphatic carbocycles. The summed E-state index contributed by atoms with van der Waals surface area (Å²) in [6.07, 6.45) is 2.76. The molecular weight excluding hydrogens is 222 g/mol. The Hall–Kier alpha value is -1.52. The molecule has 0 amide bonds. The Morgan fingerprint density at radius 1 is 1.35 bits per heavy atom. The van der Waals surface area contributed by atoms with Gasteiger partial charge in [-0.25, -0.2) is 4.79 Å². The highest BCUT2D eigenvalue weighted by molar-refractivity contribution is 5.97. The van der Waals surface area contributed by atoms with Gasteiger partial charge in [0.05, 0.1) is 19.8 Å². The number of hydrogen-bond donors (Lipinski definition) is 1.